The molecule has 0 saturated heterocycles. The van der Waals surface area contributed by atoms with Crippen LogP contribution in [0.3, 0.4) is 0 Å². The molecular formula is C28H43FN2O. The molecule has 2 rings (SSSR count). The number of nitrogens with zero attached hydrogens (tertiary/aromatic N) is 2. The number of aromatic nitrogens is 2. The van der Waals surface area contributed by atoms with Crippen LogP contribution in [0.1, 0.15) is 103 Å². The smallest absolute Gasteiger partial charge is 0.159 e. The summed E-state index contributed by atoms with van der Waals surface area (Å²) >= 11 is 0. The molecule has 1 heterocycles. The maximum Gasteiger partial charge on any atom is 0.159 e. The summed E-state index contributed by atoms with van der Waals surface area (Å²) in [6, 6.07) is 7.77. The van der Waals surface area contributed by atoms with Crippen molar-refractivity contribution in [3.63, 3.8) is 0 Å². The third-order valence-electron chi connectivity index (χ3n) is 5.96. The summed E-state index contributed by atoms with van der Waals surface area (Å²) in [6.45, 7) is 4.84. The Kier molecular flexibility index (Phi) is 13.7. The Morgan fingerprint density at radius 1 is 0.750 bits per heavy atom. The zero-order valence-electron chi connectivity index (χ0n) is 20.3. The lowest BCUT2D eigenvalue weighted by molar-refractivity contribution is 0.222. The first-order valence-electron chi connectivity index (χ1n) is 12.9. The Labute approximate surface area is 195 Å². The van der Waals surface area contributed by atoms with Crippen molar-refractivity contribution >= 4 is 0 Å². The van der Waals surface area contributed by atoms with Gasteiger partial charge in [-0.1, -0.05) is 78.1 Å². The van der Waals surface area contributed by atoms with Crippen LogP contribution in [0.4, 0.5) is 4.39 Å². The van der Waals surface area contributed by atoms with E-state index in [9.17, 15) is 4.39 Å². The van der Waals surface area contributed by atoms with Gasteiger partial charge in [0.1, 0.15) is 11.9 Å². The van der Waals surface area contributed by atoms with Gasteiger partial charge >= 0.3 is 0 Å². The molecule has 3 nitrogen and oxygen atoms in total. The summed E-state index contributed by atoms with van der Waals surface area (Å²) in [6.07, 6.45) is 19.0. The van der Waals surface area contributed by atoms with Crippen LogP contribution in [0.5, 0.6) is 5.75 Å². The third kappa shape index (κ3) is 11.1. The van der Waals surface area contributed by atoms with Crippen LogP contribution in [0.15, 0.2) is 36.7 Å². The van der Waals surface area contributed by atoms with Crippen LogP contribution in [0.2, 0.25) is 0 Å². The Bertz CT molecular complexity index is 702. The maximum atomic E-state index is 13.9. The van der Waals surface area contributed by atoms with E-state index in [-0.39, 0.29) is 0 Å². The van der Waals surface area contributed by atoms with Crippen LogP contribution in [0.25, 0.3) is 11.4 Å². The predicted molar refractivity (Wildman–Crippen MR) is 133 cm³/mol. The molecule has 1 atom stereocenters. The molecule has 1 aromatic carbocycles. The first-order valence-corrected chi connectivity index (χ1v) is 12.9. The zero-order chi connectivity index (χ0) is 22.9. The largest absolute Gasteiger partial charge is 0.493 e. The van der Waals surface area contributed by atoms with E-state index in [1.807, 2.05) is 36.7 Å². The van der Waals surface area contributed by atoms with Crippen LogP contribution in [0, 0.1) is 0 Å². The lowest BCUT2D eigenvalue weighted by Gasteiger charge is -2.10. The second-order valence-electron chi connectivity index (χ2n) is 8.89. The fourth-order valence-corrected chi connectivity index (χ4v) is 3.86. The fourth-order valence-electron chi connectivity index (χ4n) is 3.86. The first-order chi connectivity index (χ1) is 15.7. The SMILES string of the molecule is CCCCCCCCCc1cnc(-c2ccc(OCCC(F)CCCCCC)cc2)nc1. The molecule has 0 amide bonds. The van der Waals surface area contributed by atoms with Gasteiger partial charge in [-0.05, 0) is 49.1 Å². The predicted octanol–water partition coefficient (Wildman–Crippen LogP) is 8.51. The highest BCUT2D eigenvalue weighted by atomic mass is 19.1. The number of unbranched alkanes of at least 4 members (excludes halogenated alkanes) is 9. The number of hydrogen-bond acceptors (Lipinski definition) is 3. The normalized spacial score (nSPS) is 12.1. The van der Waals surface area contributed by atoms with E-state index in [1.165, 1.54) is 63.4 Å². The number of ether oxygens (including phenoxy) is 1. The highest BCUT2D eigenvalue weighted by Gasteiger charge is 2.07. The zero-order valence-corrected chi connectivity index (χ0v) is 20.3. The van der Waals surface area contributed by atoms with Crippen molar-refractivity contribution in [2.45, 2.75) is 110 Å². The summed E-state index contributed by atoms with van der Waals surface area (Å²) in [7, 11) is 0. The highest BCUT2D eigenvalue weighted by Crippen LogP contribution is 2.20. The van der Waals surface area contributed by atoms with Gasteiger partial charge in [0, 0.05) is 24.4 Å². The molecule has 0 aliphatic rings. The van der Waals surface area contributed by atoms with Gasteiger partial charge in [0.15, 0.2) is 5.82 Å². The average molecular weight is 443 g/mol. The van der Waals surface area contributed by atoms with Gasteiger partial charge in [0.25, 0.3) is 0 Å². The van der Waals surface area contributed by atoms with Gasteiger partial charge in [0.05, 0.1) is 6.61 Å². The topological polar surface area (TPSA) is 35.0 Å². The molecule has 4 heteroatoms. The Morgan fingerprint density at radius 3 is 2.00 bits per heavy atom. The Hall–Kier alpha value is -1.97. The van der Waals surface area contributed by atoms with Crippen LogP contribution < -0.4 is 4.74 Å². The lowest BCUT2D eigenvalue weighted by atomic mass is 10.1. The molecule has 32 heavy (non-hydrogen) atoms. The Morgan fingerprint density at radius 2 is 1.34 bits per heavy atom. The minimum Gasteiger partial charge on any atom is -0.493 e. The first kappa shape index (κ1) is 26.3. The Balaban J connectivity index is 1.66. The van der Waals surface area contributed by atoms with Crippen molar-refractivity contribution < 1.29 is 9.13 Å². The molecule has 178 valence electrons. The number of halogens is 1. The number of hydrogen-bond donors (Lipinski definition) is 0. The van der Waals surface area contributed by atoms with E-state index in [0.717, 1.165) is 36.4 Å². The monoisotopic (exact) mass is 442 g/mol. The van der Waals surface area contributed by atoms with E-state index in [4.69, 9.17) is 4.74 Å². The second-order valence-corrected chi connectivity index (χ2v) is 8.89. The van der Waals surface area contributed by atoms with E-state index in [0.29, 0.717) is 19.4 Å². The molecule has 0 radical (unpaired) electrons. The van der Waals surface area contributed by atoms with E-state index in [1.54, 1.807) is 0 Å². The molecule has 2 aromatic rings. The van der Waals surface area contributed by atoms with E-state index >= 15 is 0 Å². The molecule has 0 saturated carbocycles. The van der Waals surface area contributed by atoms with Crippen molar-refractivity contribution in [1.82, 2.24) is 9.97 Å². The van der Waals surface area contributed by atoms with Crippen molar-refractivity contribution in [1.29, 1.82) is 0 Å². The standard InChI is InChI=1S/C28H43FN2O/c1-3-5-7-9-10-11-12-14-24-22-30-28(31-23-24)25-16-18-27(19-17-25)32-21-20-26(29)15-13-8-6-4-2/h16-19,22-23,26H,3-15,20-21H2,1-2H3. The quantitative estimate of drug-likeness (QED) is 0.217. The van der Waals surface area contributed by atoms with Crippen molar-refractivity contribution in [3.05, 3.63) is 42.2 Å². The molecule has 0 aliphatic heterocycles. The number of rotatable bonds is 18. The third-order valence-corrected chi connectivity index (χ3v) is 5.96. The van der Waals surface area contributed by atoms with Gasteiger partial charge in [-0.15, -0.1) is 0 Å². The number of alkyl halides is 1. The van der Waals surface area contributed by atoms with Gasteiger partial charge in [-0.2, -0.15) is 0 Å². The highest BCUT2D eigenvalue weighted by molar-refractivity contribution is 5.55. The van der Waals surface area contributed by atoms with Gasteiger partial charge < -0.3 is 4.74 Å². The minimum atomic E-state index is -0.765. The summed E-state index contributed by atoms with van der Waals surface area (Å²) in [5, 5.41) is 0. The minimum absolute atomic E-state index is 0.415. The second kappa shape index (κ2) is 16.6. The van der Waals surface area contributed by atoms with E-state index < -0.39 is 6.17 Å². The fraction of sp³-hybridized carbons (Fsp3) is 0.643. The van der Waals surface area contributed by atoms with Gasteiger partial charge in [-0.25, -0.2) is 14.4 Å². The van der Waals surface area contributed by atoms with Gasteiger partial charge in [-0.3, -0.25) is 0 Å². The number of aryl methyl sites for hydroxylation is 1. The summed E-state index contributed by atoms with van der Waals surface area (Å²) in [4.78, 5) is 9.09. The molecule has 0 N–H and O–H groups in total. The van der Waals surface area contributed by atoms with Crippen molar-refractivity contribution in [3.8, 4) is 17.1 Å². The molecule has 1 unspecified atom stereocenters. The number of benzene rings is 1. The molecule has 1 aromatic heterocycles. The summed E-state index contributed by atoms with van der Waals surface area (Å²) < 4.78 is 19.6. The molecule has 0 spiro atoms. The van der Waals surface area contributed by atoms with E-state index in [2.05, 4.69) is 23.8 Å². The molecule has 0 aliphatic carbocycles. The van der Waals surface area contributed by atoms with Crippen LogP contribution in [-0.2, 0) is 6.42 Å². The van der Waals surface area contributed by atoms with Crippen LogP contribution in [-0.4, -0.2) is 22.7 Å². The van der Waals surface area contributed by atoms with Crippen molar-refractivity contribution in [2.75, 3.05) is 6.61 Å². The molecule has 0 fully saturated rings. The van der Waals surface area contributed by atoms with Crippen molar-refractivity contribution in [2.24, 2.45) is 0 Å². The molecule has 0 bridgehead atoms. The summed E-state index contributed by atoms with van der Waals surface area (Å²) in [5.74, 6) is 1.50. The lowest BCUT2D eigenvalue weighted by Crippen LogP contribution is -2.07. The maximum absolute atomic E-state index is 13.9. The molecular weight excluding hydrogens is 399 g/mol. The van der Waals surface area contributed by atoms with Gasteiger partial charge in [0.2, 0.25) is 0 Å². The van der Waals surface area contributed by atoms with Crippen LogP contribution >= 0.6 is 0 Å². The average Bonchev–Trinajstić information content (AvgIpc) is 2.82. The summed E-state index contributed by atoms with van der Waals surface area (Å²) in [5.41, 5.74) is 2.18.